The highest BCUT2D eigenvalue weighted by atomic mass is 19.1. The number of hydrogen-bond acceptors (Lipinski definition) is 4. The average Bonchev–Trinajstić information content (AvgIpc) is 3.06. The first kappa shape index (κ1) is 11.3. The van der Waals surface area contributed by atoms with Crippen LogP contribution in [-0.4, -0.2) is 22.7 Å². The van der Waals surface area contributed by atoms with Crippen molar-refractivity contribution in [2.45, 2.75) is 25.3 Å². The Balaban J connectivity index is 1.64. The third kappa shape index (κ3) is 2.73. The first-order chi connectivity index (χ1) is 8.81. The minimum atomic E-state index is -0.297. The van der Waals surface area contributed by atoms with Crippen LogP contribution >= 0.6 is 0 Å². The Morgan fingerprint density at radius 1 is 1.39 bits per heavy atom. The summed E-state index contributed by atoms with van der Waals surface area (Å²) < 4.78 is 18.2. The zero-order valence-electron chi connectivity index (χ0n) is 9.90. The second-order valence-electron chi connectivity index (χ2n) is 4.50. The van der Waals surface area contributed by atoms with E-state index in [4.69, 9.17) is 4.52 Å². The van der Waals surface area contributed by atoms with Gasteiger partial charge in [-0.2, -0.15) is 4.98 Å². The summed E-state index contributed by atoms with van der Waals surface area (Å²) in [7, 11) is 0. The second-order valence-corrected chi connectivity index (χ2v) is 4.50. The highest BCUT2D eigenvalue weighted by molar-refractivity contribution is 5.53. The fraction of sp³-hybridized carbons (Fsp3) is 0.385. The Hall–Kier alpha value is -1.75. The molecule has 0 unspecified atom stereocenters. The third-order valence-electron chi connectivity index (χ3n) is 2.90. The van der Waals surface area contributed by atoms with Crippen LogP contribution in [-0.2, 0) is 6.42 Å². The molecule has 5 heteroatoms. The summed E-state index contributed by atoms with van der Waals surface area (Å²) in [4.78, 5) is 4.25. The van der Waals surface area contributed by atoms with Crippen molar-refractivity contribution in [2.75, 3.05) is 6.54 Å². The Labute approximate surface area is 104 Å². The minimum absolute atomic E-state index is 0.297. The van der Waals surface area contributed by atoms with E-state index < -0.39 is 0 Å². The van der Waals surface area contributed by atoms with Gasteiger partial charge >= 0.3 is 0 Å². The fourth-order valence-electron chi connectivity index (χ4n) is 1.77. The van der Waals surface area contributed by atoms with Crippen molar-refractivity contribution in [3.63, 3.8) is 0 Å². The topological polar surface area (TPSA) is 51.0 Å². The summed E-state index contributed by atoms with van der Waals surface area (Å²) in [6.45, 7) is 0.843. The van der Waals surface area contributed by atoms with Crippen molar-refractivity contribution < 1.29 is 8.91 Å². The van der Waals surface area contributed by atoms with E-state index in [2.05, 4.69) is 15.5 Å². The molecule has 1 aliphatic carbocycles. The van der Waals surface area contributed by atoms with E-state index in [0.29, 0.717) is 29.7 Å². The molecular formula is C13H14FN3O. The van der Waals surface area contributed by atoms with Gasteiger partial charge in [0, 0.05) is 24.6 Å². The molecule has 0 atom stereocenters. The Bertz CT molecular complexity index is 537. The molecule has 1 N–H and O–H groups in total. The highest BCUT2D eigenvalue weighted by Gasteiger charge is 2.20. The lowest BCUT2D eigenvalue weighted by Crippen LogP contribution is -2.19. The summed E-state index contributed by atoms with van der Waals surface area (Å²) in [5, 5.41) is 7.24. The molecule has 0 bridgehead atoms. The number of hydrogen-bond donors (Lipinski definition) is 1. The van der Waals surface area contributed by atoms with Gasteiger partial charge in [0.2, 0.25) is 11.7 Å². The standard InChI is InChI=1S/C13H14FN3O/c14-10-3-1-2-9(8-10)13-16-12(18-17-13)6-7-15-11-4-5-11/h1-3,8,11,15H,4-7H2. The first-order valence-corrected chi connectivity index (χ1v) is 6.13. The van der Waals surface area contributed by atoms with E-state index in [1.165, 1.54) is 25.0 Å². The number of aromatic nitrogens is 2. The zero-order valence-corrected chi connectivity index (χ0v) is 9.90. The number of benzene rings is 1. The molecule has 0 aliphatic heterocycles. The van der Waals surface area contributed by atoms with E-state index in [9.17, 15) is 4.39 Å². The van der Waals surface area contributed by atoms with Gasteiger partial charge in [-0.15, -0.1) is 0 Å². The van der Waals surface area contributed by atoms with Gasteiger partial charge in [0.15, 0.2) is 0 Å². The molecule has 0 amide bonds. The number of nitrogens with zero attached hydrogens (tertiary/aromatic N) is 2. The SMILES string of the molecule is Fc1cccc(-c2noc(CCNC3CC3)n2)c1. The van der Waals surface area contributed by atoms with Crippen molar-refractivity contribution >= 4 is 0 Å². The minimum Gasteiger partial charge on any atom is -0.339 e. The van der Waals surface area contributed by atoms with Crippen molar-refractivity contribution in [1.82, 2.24) is 15.5 Å². The van der Waals surface area contributed by atoms with Crippen LogP contribution in [0, 0.1) is 5.82 Å². The van der Waals surface area contributed by atoms with Crippen LogP contribution in [0.1, 0.15) is 18.7 Å². The maximum absolute atomic E-state index is 13.1. The summed E-state index contributed by atoms with van der Waals surface area (Å²) in [5.74, 6) is 0.729. The van der Waals surface area contributed by atoms with Crippen LogP contribution in [0.3, 0.4) is 0 Å². The van der Waals surface area contributed by atoms with Gasteiger partial charge in [0.1, 0.15) is 5.82 Å². The molecule has 0 radical (unpaired) electrons. The lowest BCUT2D eigenvalue weighted by atomic mass is 10.2. The Morgan fingerprint density at radius 3 is 3.06 bits per heavy atom. The summed E-state index contributed by atoms with van der Waals surface area (Å²) in [6, 6.07) is 6.87. The van der Waals surface area contributed by atoms with E-state index in [-0.39, 0.29) is 5.82 Å². The third-order valence-corrected chi connectivity index (χ3v) is 2.90. The number of nitrogens with one attached hydrogen (secondary N) is 1. The highest BCUT2D eigenvalue weighted by Crippen LogP contribution is 2.19. The van der Waals surface area contributed by atoms with Crippen LogP contribution in [0.15, 0.2) is 28.8 Å². The molecule has 1 saturated carbocycles. The molecular weight excluding hydrogens is 233 g/mol. The van der Waals surface area contributed by atoms with E-state index in [1.807, 2.05) is 0 Å². The maximum atomic E-state index is 13.1. The van der Waals surface area contributed by atoms with Crippen LogP contribution in [0.25, 0.3) is 11.4 Å². The molecule has 1 aromatic carbocycles. The summed E-state index contributed by atoms with van der Waals surface area (Å²) >= 11 is 0. The van der Waals surface area contributed by atoms with Crippen LogP contribution in [0.4, 0.5) is 4.39 Å². The molecule has 0 spiro atoms. The van der Waals surface area contributed by atoms with Gasteiger partial charge in [-0.05, 0) is 25.0 Å². The fourth-order valence-corrected chi connectivity index (χ4v) is 1.77. The average molecular weight is 247 g/mol. The summed E-state index contributed by atoms with van der Waals surface area (Å²) in [6.07, 6.45) is 3.23. The predicted octanol–water partition coefficient (Wildman–Crippen LogP) is 2.17. The molecule has 18 heavy (non-hydrogen) atoms. The van der Waals surface area contributed by atoms with E-state index in [0.717, 1.165) is 6.54 Å². The molecule has 1 aliphatic rings. The predicted molar refractivity (Wildman–Crippen MR) is 64.4 cm³/mol. The van der Waals surface area contributed by atoms with E-state index >= 15 is 0 Å². The molecule has 94 valence electrons. The monoisotopic (exact) mass is 247 g/mol. The smallest absolute Gasteiger partial charge is 0.228 e. The van der Waals surface area contributed by atoms with Gasteiger partial charge in [-0.1, -0.05) is 17.3 Å². The largest absolute Gasteiger partial charge is 0.339 e. The number of rotatable bonds is 5. The lowest BCUT2D eigenvalue weighted by molar-refractivity contribution is 0.376. The van der Waals surface area contributed by atoms with Crippen LogP contribution < -0.4 is 5.32 Å². The van der Waals surface area contributed by atoms with Crippen molar-refractivity contribution in [3.8, 4) is 11.4 Å². The maximum Gasteiger partial charge on any atom is 0.228 e. The van der Waals surface area contributed by atoms with Gasteiger partial charge in [-0.3, -0.25) is 0 Å². The Morgan fingerprint density at radius 2 is 2.28 bits per heavy atom. The Kier molecular flexibility index (Phi) is 3.06. The molecule has 1 fully saturated rings. The van der Waals surface area contributed by atoms with Crippen molar-refractivity contribution in [3.05, 3.63) is 36.0 Å². The van der Waals surface area contributed by atoms with Gasteiger partial charge < -0.3 is 9.84 Å². The second kappa shape index (κ2) is 4.86. The van der Waals surface area contributed by atoms with Gasteiger partial charge in [0.25, 0.3) is 0 Å². The molecule has 2 aromatic rings. The first-order valence-electron chi connectivity index (χ1n) is 6.13. The van der Waals surface area contributed by atoms with Crippen molar-refractivity contribution in [1.29, 1.82) is 0 Å². The molecule has 0 saturated heterocycles. The summed E-state index contributed by atoms with van der Waals surface area (Å²) in [5.41, 5.74) is 0.639. The molecule has 1 aromatic heterocycles. The van der Waals surface area contributed by atoms with Gasteiger partial charge in [0.05, 0.1) is 0 Å². The van der Waals surface area contributed by atoms with Gasteiger partial charge in [-0.25, -0.2) is 4.39 Å². The molecule has 4 nitrogen and oxygen atoms in total. The zero-order chi connectivity index (χ0) is 12.4. The van der Waals surface area contributed by atoms with Crippen LogP contribution in [0.5, 0.6) is 0 Å². The molecule has 1 heterocycles. The number of halogens is 1. The van der Waals surface area contributed by atoms with Crippen LogP contribution in [0.2, 0.25) is 0 Å². The quantitative estimate of drug-likeness (QED) is 0.879. The normalized spacial score (nSPS) is 14.9. The molecule has 3 rings (SSSR count). The lowest BCUT2D eigenvalue weighted by Gasteiger charge is -1.97. The van der Waals surface area contributed by atoms with E-state index in [1.54, 1.807) is 12.1 Å². The van der Waals surface area contributed by atoms with Crippen molar-refractivity contribution in [2.24, 2.45) is 0 Å².